The average Bonchev–Trinajstić information content (AvgIpc) is 2.74. The van der Waals surface area contributed by atoms with Crippen LogP contribution >= 0.6 is 39.7 Å². The molecular weight excluding hydrogens is 534 g/mol. The molecule has 0 aromatic heterocycles. The molecule has 3 aromatic carbocycles. The summed E-state index contributed by atoms with van der Waals surface area (Å²) in [6.07, 6.45) is 0. The molecule has 0 fully saturated rings. The van der Waals surface area contributed by atoms with Gasteiger partial charge in [-0.3, -0.25) is 4.72 Å². The monoisotopic (exact) mass is 553 g/mol. The van der Waals surface area contributed by atoms with Crippen LogP contribution in [0.2, 0.25) is 5.02 Å². The van der Waals surface area contributed by atoms with Crippen molar-refractivity contribution in [1.82, 2.24) is 0 Å². The van der Waals surface area contributed by atoms with Gasteiger partial charge in [-0.25, -0.2) is 8.42 Å². The molecule has 0 saturated carbocycles. The highest BCUT2D eigenvalue weighted by atomic mass is 79.9. The molecule has 168 valence electrons. The molecule has 0 radical (unpaired) electrons. The Bertz CT molecular complexity index is 1240. The van der Waals surface area contributed by atoms with Crippen LogP contribution in [-0.2, 0) is 10.0 Å². The van der Waals surface area contributed by atoms with E-state index in [-0.39, 0.29) is 10.6 Å². The minimum absolute atomic E-state index is 0.0539. The molecule has 32 heavy (non-hydrogen) atoms. The zero-order valence-corrected chi connectivity index (χ0v) is 21.3. The Balaban J connectivity index is 1.70. The number of nitrogens with one attached hydrogen (secondary N) is 3. The molecule has 0 atom stereocenters. The topological polar surface area (TPSA) is 79.5 Å². The number of rotatable bonds is 7. The van der Waals surface area contributed by atoms with Crippen LogP contribution in [0.5, 0.6) is 5.75 Å². The predicted octanol–water partition coefficient (Wildman–Crippen LogP) is 6.42. The van der Waals surface area contributed by atoms with E-state index in [9.17, 15) is 8.42 Å². The second kappa shape index (κ2) is 10.5. The van der Waals surface area contributed by atoms with Crippen molar-refractivity contribution in [2.45, 2.75) is 18.7 Å². The molecule has 10 heteroatoms. The highest BCUT2D eigenvalue weighted by Gasteiger charge is 2.20. The van der Waals surface area contributed by atoms with Gasteiger partial charge >= 0.3 is 0 Å². The number of hydrogen-bond acceptors (Lipinski definition) is 4. The summed E-state index contributed by atoms with van der Waals surface area (Å²) in [5.74, 6) is 0.286. The van der Waals surface area contributed by atoms with Crippen LogP contribution in [0.3, 0.4) is 0 Å². The van der Waals surface area contributed by atoms with E-state index in [0.717, 1.165) is 11.3 Å². The van der Waals surface area contributed by atoms with Crippen molar-refractivity contribution >= 4 is 71.9 Å². The Kier molecular flexibility index (Phi) is 8.00. The second-order valence-electron chi connectivity index (χ2n) is 6.70. The summed E-state index contributed by atoms with van der Waals surface area (Å²) in [7, 11) is -3.85. The van der Waals surface area contributed by atoms with Gasteiger partial charge in [0.1, 0.15) is 10.6 Å². The standard InChI is InChI=1S/C22H21BrClN3O3S2/c1-3-30-20-12-7-15(23)13-21(20)32(28,29)27-17-10-8-16(9-11-17)25-22(31)26-19-6-4-5-18(24)14(19)2/h4-13,27H,3H2,1-2H3,(H2,25,26,31). The first-order chi connectivity index (χ1) is 15.2. The maximum Gasteiger partial charge on any atom is 0.265 e. The number of ether oxygens (including phenoxy) is 1. The number of sulfonamides is 1. The Morgan fingerprint density at radius 1 is 1.06 bits per heavy atom. The second-order valence-corrected chi connectivity index (χ2v) is 10.1. The first-order valence-electron chi connectivity index (χ1n) is 9.58. The molecule has 3 N–H and O–H groups in total. The number of thiocarbonyl (C=S) groups is 1. The van der Waals surface area contributed by atoms with E-state index in [1.165, 1.54) is 6.07 Å². The van der Waals surface area contributed by atoms with Crippen molar-refractivity contribution < 1.29 is 13.2 Å². The van der Waals surface area contributed by atoms with Crippen LogP contribution in [-0.4, -0.2) is 20.1 Å². The maximum atomic E-state index is 12.9. The minimum Gasteiger partial charge on any atom is -0.492 e. The number of anilines is 3. The highest BCUT2D eigenvalue weighted by Crippen LogP contribution is 2.29. The maximum absolute atomic E-state index is 12.9. The van der Waals surface area contributed by atoms with E-state index in [1.807, 2.05) is 25.1 Å². The zero-order valence-electron chi connectivity index (χ0n) is 17.3. The van der Waals surface area contributed by atoms with E-state index < -0.39 is 10.0 Å². The van der Waals surface area contributed by atoms with Crippen molar-refractivity contribution in [3.8, 4) is 5.75 Å². The Morgan fingerprint density at radius 2 is 1.75 bits per heavy atom. The van der Waals surface area contributed by atoms with Gasteiger partial charge in [-0.1, -0.05) is 33.6 Å². The van der Waals surface area contributed by atoms with Crippen LogP contribution in [0.25, 0.3) is 0 Å². The molecule has 0 unspecified atom stereocenters. The lowest BCUT2D eigenvalue weighted by atomic mass is 10.2. The van der Waals surface area contributed by atoms with Crippen LogP contribution in [0.4, 0.5) is 17.1 Å². The van der Waals surface area contributed by atoms with Crippen molar-refractivity contribution in [2.24, 2.45) is 0 Å². The molecule has 0 aliphatic heterocycles. The summed E-state index contributed by atoms with van der Waals surface area (Å²) in [5.41, 5.74) is 2.80. The van der Waals surface area contributed by atoms with Crippen LogP contribution in [0.1, 0.15) is 12.5 Å². The van der Waals surface area contributed by atoms with Gasteiger partial charge < -0.3 is 15.4 Å². The third-order valence-electron chi connectivity index (χ3n) is 4.41. The SMILES string of the molecule is CCOc1ccc(Br)cc1S(=O)(=O)Nc1ccc(NC(=S)Nc2cccc(Cl)c2C)cc1. The van der Waals surface area contributed by atoms with E-state index in [4.69, 9.17) is 28.6 Å². The number of hydrogen-bond donors (Lipinski definition) is 3. The largest absolute Gasteiger partial charge is 0.492 e. The van der Waals surface area contributed by atoms with E-state index in [0.29, 0.717) is 32.6 Å². The van der Waals surface area contributed by atoms with Crippen molar-refractivity contribution in [3.05, 3.63) is 75.7 Å². The summed E-state index contributed by atoms with van der Waals surface area (Å²) in [5, 5.41) is 7.20. The van der Waals surface area contributed by atoms with Gasteiger partial charge in [0.25, 0.3) is 10.0 Å². The Labute approximate surface area is 206 Å². The fraction of sp³-hybridized carbons (Fsp3) is 0.136. The van der Waals surface area contributed by atoms with E-state index >= 15 is 0 Å². The molecule has 3 aromatic rings. The molecule has 0 aliphatic rings. The summed E-state index contributed by atoms with van der Waals surface area (Å²) in [6.45, 7) is 4.05. The molecular formula is C22H21BrClN3O3S2. The van der Waals surface area contributed by atoms with Crippen molar-refractivity contribution in [1.29, 1.82) is 0 Å². The third kappa shape index (κ3) is 6.13. The highest BCUT2D eigenvalue weighted by molar-refractivity contribution is 9.10. The van der Waals surface area contributed by atoms with Crippen molar-refractivity contribution in [2.75, 3.05) is 22.0 Å². The molecule has 0 amide bonds. The zero-order chi connectivity index (χ0) is 23.3. The van der Waals surface area contributed by atoms with Crippen LogP contribution in [0.15, 0.2) is 70.0 Å². The molecule has 3 rings (SSSR count). The average molecular weight is 555 g/mol. The van der Waals surface area contributed by atoms with Crippen molar-refractivity contribution in [3.63, 3.8) is 0 Å². The minimum atomic E-state index is -3.85. The quantitative estimate of drug-likeness (QED) is 0.293. The smallest absolute Gasteiger partial charge is 0.265 e. The first kappa shape index (κ1) is 24.3. The molecule has 0 bridgehead atoms. The Morgan fingerprint density at radius 3 is 2.44 bits per heavy atom. The Hall–Kier alpha value is -2.33. The van der Waals surface area contributed by atoms with E-state index in [2.05, 4.69) is 31.3 Å². The fourth-order valence-electron chi connectivity index (χ4n) is 2.83. The van der Waals surface area contributed by atoms with Gasteiger partial charge in [0, 0.05) is 26.6 Å². The molecule has 6 nitrogen and oxygen atoms in total. The third-order valence-corrected chi connectivity index (χ3v) is 6.92. The van der Waals surface area contributed by atoms with Gasteiger partial charge in [0.05, 0.1) is 6.61 Å². The summed E-state index contributed by atoms with van der Waals surface area (Å²) in [6, 6.07) is 17.1. The lowest BCUT2D eigenvalue weighted by Crippen LogP contribution is -2.19. The summed E-state index contributed by atoms with van der Waals surface area (Å²) >= 11 is 14.8. The number of halogens is 2. The lowest BCUT2D eigenvalue weighted by molar-refractivity contribution is 0.331. The normalized spacial score (nSPS) is 11.0. The lowest BCUT2D eigenvalue weighted by Gasteiger charge is -2.15. The molecule has 0 spiro atoms. The van der Waals surface area contributed by atoms with Gasteiger partial charge in [0.15, 0.2) is 5.11 Å². The van der Waals surface area contributed by atoms with E-state index in [1.54, 1.807) is 43.3 Å². The first-order valence-corrected chi connectivity index (χ1v) is 12.6. The summed E-state index contributed by atoms with van der Waals surface area (Å²) in [4.78, 5) is 0.0539. The molecule has 0 heterocycles. The van der Waals surface area contributed by atoms with Gasteiger partial charge in [-0.2, -0.15) is 0 Å². The van der Waals surface area contributed by atoms with Crippen LogP contribution < -0.4 is 20.1 Å². The predicted molar refractivity (Wildman–Crippen MR) is 139 cm³/mol. The summed E-state index contributed by atoms with van der Waals surface area (Å²) < 4.78 is 34.5. The number of benzene rings is 3. The fourth-order valence-corrected chi connectivity index (χ4v) is 4.97. The van der Waals surface area contributed by atoms with Gasteiger partial charge in [0.2, 0.25) is 0 Å². The van der Waals surface area contributed by atoms with Gasteiger partial charge in [-0.05, 0) is 86.2 Å². The van der Waals surface area contributed by atoms with Crippen LogP contribution in [0, 0.1) is 6.92 Å². The molecule has 0 aliphatic carbocycles. The molecule has 0 saturated heterocycles. The van der Waals surface area contributed by atoms with Gasteiger partial charge in [-0.15, -0.1) is 0 Å².